The summed E-state index contributed by atoms with van der Waals surface area (Å²) in [6.45, 7) is 2.51. The number of halogens is 1. The van der Waals surface area contributed by atoms with E-state index in [4.69, 9.17) is 21.1 Å². The molecule has 124 valence electrons. The molecule has 0 unspecified atom stereocenters. The monoisotopic (exact) mass is 348 g/mol. The fraction of sp³-hybridized carbons (Fsp3) is 0.188. The van der Waals surface area contributed by atoms with Gasteiger partial charge in [0, 0.05) is 17.7 Å². The number of non-ortho nitro benzene ring substituents is 1. The SMILES string of the molecule is Cc1ccc([N+](=O)[O-])cc1NC(=O)c1cc(Cl)c2c(c1)OCCO2. The van der Waals surface area contributed by atoms with Crippen LogP contribution in [0.25, 0.3) is 0 Å². The van der Waals surface area contributed by atoms with Crippen molar-refractivity contribution in [3.8, 4) is 11.5 Å². The van der Waals surface area contributed by atoms with Crippen LogP contribution in [0.4, 0.5) is 11.4 Å². The van der Waals surface area contributed by atoms with Crippen LogP contribution in [0.5, 0.6) is 11.5 Å². The maximum atomic E-state index is 12.4. The Morgan fingerprint density at radius 1 is 1.25 bits per heavy atom. The van der Waals surface area contributed by atoms with Gasteiger partial charge in [0.25, 0.3) is 11.6 Å². The molecule has 1 amide bonds. The number of nitro groups is 1. The van der Waals surface area contributed by atoms with Gasteiger partial charge in [-0.2, -0.15) is 0 Å². The van der Waals surface area contributed by atoms with Crippen molar-refractivity contribution in [3.05, 3.63) is 56.6 Å². The number of anilines is 1. The maximum absolute atomic E-state index is 12.4. The number of carbonyl (C=O) groups excluding carboxylic acids is 1. The van der Waals surface area contributed by atoms with Gasteiger partial charge in [-0.15, -0.1) is 0 Å². The van der Waals surface area contributed by atoms with Crippen LogP contribution in [0.15, 0.2) is 30.3 Å². The van der Waals surface area contributed by atoms with E-state index in [0.717, 1.165) is 0 Å². The lowest BCUT2D eigenvalue weighted by molar-refractivity contribution is -0.384. The second-order valence-electron chi connectivity index (χ2n) is 5.19. The lowest BCUT2D eigenvalue weighted by Gasteiger charge is -2.20. The molecule has 0 fully saturated rings. The molecule has 24 heavy (non-hydrogen) atoms. The van der Waals surface area contributed by atoms with Crippen molar-refractivity contribution in [1.29, 1.82) is 0 Å². The summed E-state index contributed by atoms with van der Waals surface area (Å²) >= 11 is 6.12. The molecule has 0 saturated carbocycles. The molecule has 1 aliphatic rings. The number of carbonyl (C=O) groups is 1. The van der Waals surface area contributed by atoms with E-state index in [-0.39, 0.29) is 16.3 Å². The standard InChI is InChI=1S/C16H13ClN2O5/c1-9-2-3-11(19(21)22)8-13(9)18-16(20)10-6-12(17)15-14(7-10)23-4-5-24-15/h2-3,6-8H,4-5H2,1H3,(H,18,20). The number of hydrogen-bond acceptors (Lipinski definition) is 5. The fourth-order valence-corrected chi connectivity index (χ4v) is 2.56. The normalized spacial score (nSPS) is 12.6. The van der Waals surface area contributed by atoms with Crippen LogP contribution in [-0.2, 0) is 0 Å². The third-order valence-corrected chi connectivity index (χ3v) is 3.82. The fourth-order valence-electron chi connectivity index (χ4n) is 2.29. The molecule has 0 aliphatic carbocycles. The number of hydrogen-bond donors (Lipinski definition) is 1. The van der Waals surface area contributed by atoms with Crippen molar-refractivity contribution in [3.63, 3.8) is 0 Å². The molecule has 0 atom stereocenters. The summed E-state index contributed by atoms with van der Waals surface area (Å²) in [5.74, 6) is 0.359. The zero-order chi connectivity index (χ0) is 17.3. The van der Waals surface area contributed by atoms with E-state index >= 15 is 0 Å². The van der Waals surface area contributed by atoms with Crippen molar-refractivity contribution < 1.29 is 19.2 Å². The molecule has 2 aromatic rings. The van der Waals surface area contributed by atoms with Gasteiger partial charge in [-0.25, -0.2) is 0 Å². The Morgan fingerprint density at radius 3 is 2.75 bits per heavy atom. The molecule has 2 aromatic carbocycles. The second-order valence-corrected chi connectivity index (χ2v) is 5.60. The predicted octanol–water partition coefficient (Wildman–Crippen LogP) is 3.58. The molecule has 1 N–H and O–H groups in total. The number of rotatable bonds is 3. The average Bonchev–Trinajstić information content (AvgIpc) is 2.56. The van der Waals surface area contributed by atoms with E-state index in [1.165, 1.54) is 24.3 Å². The van der Waals surface area contributed by atoms with Crippen molar-refractivity contribution in [1.82, 2.24) is 0 Å². The van der Waals surface area contributed by atoms with Crippen LogP contribution in [0.2, 0.25) is 5.02 Å². The number of benzene rings is 2. The minimum absolute atomic E-state index is 0.101. The lowest BCUT2D eigenvalue weighted by Crippen LogP contribution is -2.18. The van der Waals surface area contributed by atoms with Gasteiger partial charge in [-0.05, 0) is 24.6 Å². The van der Waals surface area contributed by atoms with Gasteiger partial charge < -0.3 is 14.8 Å². The van der Waals surface area contributed by atoms with Crippen molar-refractivity contribution >= 4 is 28.9 Å². The van der Waals surface area contributed by atoms with E-state index < -0.39 is 10.8 Å². The molecule has 8 heteroatoms. The van der Waals surface area contributed by atoms with E-state index in [0.29, 0.717) is 36.0 Å². The van der Waals surface area contributed by atoms with Gasteiger partial charge in [0.1, 0.15) is 13.2 Å². The molecule has 0 radical (unpaired) electrons. The Hall–Kier alpha value is -2.80. The highest BCUT2D eigenvalue weighted by Gasteiger charge is 2.20. The maximum Gasteiger partial charge on any atom is 0.271 e. The highest BCUT2D eigenvalue weighted by atomic mass is 35.5. The summed E-state index contributed by atoms with van der Waals surface area (Å²) in [4.78, 5) is 22.8. The van der Waals surface area contributed by atoms with Crippen LogP contribution in [-0.4, -0.2) is 24.0 Å². The van der Waals surface area contributed by atoms with Crippen LogP contribution in [0, 0.1) is 17.0 Å². The average molecular weight is 349 g/mol. The van der Waals surface area contributed by atoms with Crippen molar-refractivity contribution in [2.75, 3.05) is 18.5 Å². The van der Waals surface area contributed by atoms with E-state index in [9.17, 15) is 14.9 Å². The first kappa shape index (κ1) is 16.1. The molecule has 0 bridgehead atoms. The van der Waals surface area contributed by atoms with Crippen LogP contribution in [0.3, 0.4) is 0 Å². The van der Waals surface area contributed by atoms with Crippen LogP contribution >= 0.6 is 11.6 Å². The third-order valence-electron chi connectivity index (χ3n) is 3.54. The topological polar surface area (TPSA) is 90.7 Å². The molecule has 3 rings (SSSR count). The molecule has 0 aromatic heterocycles. The first-order valence-corrected chi connectivity index (χ1v) is 7.49. The van der Waals surface area contributed by atoms with E-state index in [2.05, 4.69) is 5.32 Å². The van der Waals surface area contributed by atoms with Gasteiger partial charge in [-0.1, -0.05) is 17.7 Å². The lowest BCUT2D eigenvalue weighted by atomic mass is 10.1. The number of nitrogens with one attached hydrogen (secondary N) is 1. The summed E-state index contributed by atoms with van der Waals surface area (Å²) in [5.41, 5.74) is 1.24. The smallest absolute Gasteiger partial charge is 0.271 e. The molecular weight excluding hydrogens is 336 g/mol. The number of nitro benzene ring substituents is 1. The zero-order valence-electron chi connectivity index (χ0n) is 12.7. The summed E-state index contributed by atoms with van der Waals surface area (Å²) in [6, 6.07) is 7.27. The number of nitrogens with zero attached hydrogens (tertiary/aromatic N) is 1. The summed E-state index contributed by atoms with van der Waals surface area (Å²) in [5, 5.41) is 13.8. The largest absolute Gasteiger partial charge is 0.486 e. The number of amides is 1. The molecule has 1 heterocycles. The number of aryl methyl sites for hydroxylation is 1. The molecule has 7 nitrogen and oxygen atoms in total. The van der Waals surface area contributed by atoms with Gasteiger partial charge in [-0.3, -0.25) is 14.9 Å². The van der Waals surface area contributed by atoms with E-state index in [1.807, 2.05) is 0 Å². The molecule has 0 spiro atoms. The first-order chi connectivity index (χ1) is 11.5. The highest BCUT2D eigenvalue weighted by molar-refractivity contribution is 6.32. The second kappa shape index (κ2) is 6.37. The Balaban J connectivity index is 1.89. The molecule has 0 saturated heterocycles. The van der Waals surface area contributed by atoms with Crippen molar-refractivity contribution in [2.45, 2.75) is 6.92 Å². The van der Waals surface area contributed by atoms with E-state index in [1.54, 1.807) is 13.0 Å². The Bertz CT molecular complexity index is 837. The van der Waals surface area contributed by atoms with Crippen molar-refractivity contribution in [2.24, 2.45) is 0 Å². The van der Waals surface area contributed by atoms with Crippen LogP contribution in [0.1, 0.15) is 15.9 Å². The summed E-state index contributed by atoms with van der Waals surface area (Å²) in [6.07, 6.45) is 0. The Morgan fingerprint density at radius 2 is 2.00 bits per heavy atom. The molecule has 1 aliphatic heterocycles. The van der Waals surface area contributed by atoms with Gasteiger partial charge in [0.05, 0.1) is 15.6 Å². The predicted molar refractivity (Wildman–Crippen MR) is 88.2 cm³/mol. The van der Waals surface area contributed by atoms with Gasteiger partial charge >= 0.3 is 0 Å². The minimum Gasteiger partial charge on any atom is -0.486 e. The highest BCUT2D eigenvalue weighted by Crippen LogP contribution is 2.38. The number of fused-ring (bicyclic) bond motifs is 1. The summed E-state index contributed by atoms with van der Waals surface area (Å²) in [7, 11) is 0. The third kappa shape index (κ3) is 3.11. The Kier molecular flexibility index (Phi) is 4.26. The Labute approximate surface area is 142 Å². The first-order valence-electron chi connectivity index (χ1n) is 7.11. The number of ether oxygens (including phenoxy) is 2. The zero-order valence-corrected chi connectivity index (χ0v) is 13.4. The van der Waals surface area contributed by atoms with Gasteiger partial charge in [0.2, 0.25) is 0 Å². The minimum atomic E-state index is -0.518. The van der Waals surface area contributed by atoms with Crippen LogP contribution < -0.4 is 14.8 Å². The van der Waals surface area contributed by atoms with Gasteiger partial charge in [0.15, 0.2) is 11.5 Å². The summed E-state index contributed by atoms with van der Waals surface area (Å²) < 4.78 is 10.8. The molecular formula is C16H13ClN2O5. The quantitative estimate of drug-likeness (QED) is 0.676.